The monoisotopic (exact) mass is 240 g/mol. The lowest BCUT2D eigenvalue weighted by Crippen LogP contribution is -1.99. The van der Waals surface area contributed by atoms with Gasteiger partial charge in [0.05, 0.1) is 0 Å². The average molecular weight is 240 g/mol. The summed E-state index contributed by atoms with van der Waals surface area (Å²) in [6, 6.07) is 9.76. The fraction of sp³-hybridized carbons (Fsp3) is 0.0769. The molecule has 0 amide bonds. The number of hydrogen-bond acceptors (Lipinski definition) is 5. The van der Waals surface area contributed by atoms with E-state index in [4.69, 9.17) is 10.2 Å². The second-order valence-electron chi connectivity index (χ2n) is 3.96. The van der Waals surface area contributed by atoms with E-state index in [1.54, 1.807) is 24.5 Å². The summed E-state index contributed by atoms with van der Waals surface area (Å²) in [5.41, 5.74) is 8.89. The van der Waals surface area contributed by atoms with Crippen molar-refractivity contribution in [3.05, 3.63) is 48.3 Å². The Morgan fingerprint density at radius 2 is 2.22 bits per heavy atom. The summed E-state index contributed by atoms with van der Waals surface area (Å²) in [7, 11) is 0. The minimum absolute atomic E-state index is 0.486. The van der Waals surface area contributed by atoms with Crippen LogP contribution in [0.4, 0.5) is 11.7 Å². The summed E-state index contributed by atoms with van der Waals surface area (Å²) < 4.78 is 5.55. The minimum atomic E-state index is 0.486. The summed E-state index contributed by atoms with van der Waals surface area (Å²) in [4.78, 5) is 8.36. The Labute approximate surface area is 104 Å². The number of aromatic nitrogens is 2. The lowest BCUT2D eigenvalue weighted by molar-refractivity contribution is 0.614. The van der Waals surface area contributed by atoms with Crippen LogP contribution in [-0.4, -0.2) is 9.97 Å². The van der Waals surface area contributed by atoms with Crippen LogP contribution in [0, 0.1) is 0 Å². The molecule has 0 spiro atoms. The minimum Gasteiger partial charge on any atom is -0.423 e. The topological polar surface area (TPSA) is 77.0 Å². The summed E-state index contributed by atoms with van der Waals surface area (Å²) in [5.74, 6) is 0. The largest absolute Gasteiger partial charge is 0.423 e. The lowest BCUT2D eigenvalue weighted by atomic mass is 10.3. The molecule has 3 aromatic rings. The molecule has 0 fully saturated rings. The number of nitrogens with zero attached hydrogens (tertiary/aromatic N) is 2. The van der Waals surface area contributed by atoms with Crippen molar-refractivity contribution < 1.29 is 4.42 Å². The van der Waals surface area contributed by atoms with E-state index in [1.165, 1.54) is 0 Å². The molecule has 0 unspecified atom stereocenters. The van der Waals surface area contributed by atoms with Gasteiger partial charge in [-0.05, 0) is 23.8 Å². The first kappa shape index (κ1) is 10.6. The standard InChI is InChI=1S/C13H12N4O/c14-10-3-4-11-12(6-10)18-13(17-11)16-8-9-2-1-5-15-7-9/h1-7H,8,14H2,(H,16,17). The molecule has 18 heavy (non-hydrogen) atoms. The first-order chi connectivity index (χ1) is 8.81. The van der Waals surface area contributed by atoms with Gasteiger partial charge in [0.25, 0.3) is 6.01 Å². The van der Waals surface area contributed by atoms with Crippen molar-refractivity contribution in [2.45, 2.75) is 6.54 Å². The second kappa shape index (κ2) is 4.37. The van der Waals surface area contributed by atoms with Crippen LogP contribution in [0.3, 0.4) is 0 Å². The molecule has 0 saturated heterocycles. The zero-order valence-corrected chi connectivity index (χ0v) is 9.63. The van der Waals surface area contributed by atoms with Crippen LogP contribution in [-0.2, 0) is 6.54 Å². The van der Waals surface area contributed by atoms with Crippen molar-refractivity contribution in [1.82, 2.24) is 9.97 Å². The third-order valence-electron chi connectivity index (χ3n) is 2.58. The highest BCUT2D eigenvalue weighted by Crippen LogP contribution is 2.21. The Hall–Kier alpha value is -2.56. The van der Waals surface area contributed by atoms with Gasteiger partial charge in [-0.25, -0.2) is 0 Å². The van der Waals surface area contributed by atoms with Crippen LogP contribution in [0.25, 0.3) is 11.1 Å². The normalized spacial score (nSPS) is 10.7. The lowest BCUT2D eigenvalue weighted by Gasteiger charge is -2.00. The number of oxazole rings is 1. The Kier molecular flexibility index (Phi) is 2.57. The van der Waals surface area contributed by atoms with Gasteiger partial charge in [0, 0.05) is 30.7 Å². The molecule has 0 radical (unpaired) electrons. The highest BCUT2D eigenvalue weighted by atomic mass is 16.4. The van der Waals surface area contributed by atoms with E-state index in [0.29, 0.717) is 23.8 Å². The van der Waals surface area contributed by atoms with Gasteiger partial charge in [-0.2, -0.15) is 4.98 Å². The highest BCUT2D eigenvalue weighted by Gasteiger charge is 2.05. The van der Waals surface area contributed by atoms with Gasteiger partial charge in [0.15, 0.2) is 5.58 Å². The van der Waals surface area contributed by atoms with E-state index in [-0.39, 0.29) is 0 Å². The zero-order valence-electron chi connectivity index (χ0n) is 9.63. The quantitative estimate of drug-likeness (QED) is 0.687. The van der Waals surface area contributed by atoms with Crippen LogP contribution in [0.1, 0.15) is 5.56 Å². The Morgan fingerprint density at radius 3 is 3.06 bits per heavy atom. The van der Waals surface area contributed by atoms with Gasteiger partial charge in [-0.3, -0.25) is 4.98 Å². The smallest absolute Gasteiger partial charge is 0.295 e. The molecule has 0 aliphatic rings. The fourth-order valence-corrected chi connectivity index (χ4v) is 1.70. The third-order valence-corrected chi connectivity index (χ3v) is 2.58. The number of hydrogen-bond donors (Lipinski definition) is 2. The van der Waals surface area contributed by atoms with Gasteiger partial charge >= 0.3 is 0 Å². The molecule has 0 atom stereocenters. The van der Waals surface area contributed by atoms with Gasteiger partial charge in [0.2, 0.25) is 0 Å². The van der Waals surface area contributed by atoms with Crippen LogP contribution in [0.2, 0.25) is 0 Å². The van der Waals surface area contributed by atoms with E-state index in [2.05, 4.69) is 15.3 Å². The van der Waals surface area contributed by atoms with Crippen LogP contribution < -0.4 is 11.1 Å². The van der Waals surface area contributed by atoms with E-state index >= 15 is 0 Å². The molecular weight excluding hydrogens is 228 g/mol. The molecule has 0 aliphatic heterocycles. The predicted octanol–water partition coefficient (Wildman–Crippen LogP) is 2.42. The first-order valence-electron chi connectivity index (χ1n) is 5.60. The van der Waals surface area contributed by atoms with Gasteiger partial charge < -0.3 is 15.5 Å². The summed E-state index contributed by atoms with van der Waals surface area (Å²) in [6.07, 6.45) is 3.54. The zero-order chi connectivity index (χ0) is 12.4. The number of fused-ring (bicyclic) bond motifs is 1. The molecule has 5 nitrogen and oxygen atoms in total. The maximum Gasteiger partial charge on any atom is 0.295 e. The number of nitrogen functional groups attached to an aromatic ring is 1. The van der Waals surface area contributed by atoms with Gasteiger partial charge in [-0.1, -0.05) is 6.07 Å². The first-order valence-corrected chi connectivity index (χ1v) is 5.60. The second-order valence-corrected chi connectivity index (χ2v) is 3.96. The molecule has 3 rings (SSSR count). The van der Waals surface area contributed by atoms with Crippen molar-refractivity contribution in [2.24, 2.45) is 0 Å². The molecule has 3 N–H and O–H groups in total. The molecular formula is C13H12N4O. The maximum atomic E-state index is 5.68. The fourth-order valence-electron chi connectivity index (χ4n) is 1.70. The Morgan fingerprint density at radius 1 is 1.28 bits per heavy atom. The predicted molar refractivity (Wildman–Crippen MR) is 70.0 cm³/mol. The molecule has 2 heterocycles. The van der Waals surface area contributed by atoms with E-state index in [9.17, 15) is 0 Å². The van der Waals surface area contributed by atoms with Crippen molar-refractivity contribution in [1.29, 1.82) is 0 Å². The van der Waals surface area contributed by atoms with Gasteiger partial charge in [-0.15, -0.1) is 0 Å². The number of pyridine rings is 1. The maximum absolute atomic E-state index is 5.68. The van der Waals surface area contributed by atoms with Crippen molar-refractivity contribution in [3.63, 3.8) is 0 Å². The number of nitrogens with one attached hydrogen (secondary N) is 1. The molecule has 0 aliphatic carbocycles. The van der Waals surface area contributed by atoms with Crippen molar-refractivity contribution >= 4 is 22.8 Å². The SMILES string of the molecule is Nc1ccc2nc(NCc3cccnc3)oc2c1. The van der Waals surface area contributed by atoms with Crippen LogP contribution >= 0.6 is 0 Å². The number of nitrogens with two attached hydrogens (primary N) is 1. The number of benzene rings is 1. The van der Waals surface area contributed by atoms with Gasteiger partial charge in [0.1, 0.15) is 5.52 Å². The van der Waals surface area contributed by atoms with Crippen LogP contribution in [0.5, 0.6) is 0 Å². The number of rotatable bonds is 3. The Balaban J connectivity index is 1.79. The van der Waals surface area contributed by atoms with E-state index < -0.39 is 0 Å². The van der Waals surface area contributed by atoms with Crippen LogP contribution in [0.15, 0.2) is 47.1 Å². The van der Waals surface area contributed by atoms with Crippen molar-refractivity contribution in [2.75, 3.05) is 11.1 Å². The molecule has 5 heteroatoms. The molecule has 1 aromatic carbocycles. The summed E-state index contributed by atoms with van der Waals surface area (Å²) in [6.45, 7) is 0.621. The van der Waals surface area contributed by atoms with Crippen molar-refractivity contribution in [3.8, 4) is 0 Å². The average Bonchev–Trinajstić information content (AvgIpc) is 2.79. The molecule has 0 saturated carbocycles. The molecule has 0 bridgehead atoms. The third kappa shape index (κ3) is 2.10. The van der Waals surface area contributed by atoms with E-state index in [1.807, 2.05) is 18.2 Å². The molecule has 90 valence electrons. The Bertz CT molecular complexity index is 663. The molecule has 2 aromatic heterocycles. The summed E-state index contributed by atoms with van der Waals surface area (Å²) in [5, 5.41) is 3.11. The number of anilines is 2. The highest BCUT2D eigenvalue weighted by molar-refractivity contribution is 5.78. The van der Waals surface area contributed by atoms with E-state index in [0.717, 1.165) is 11.1 Å². The summed E-state index contributed by atoms with van der Waals surface area (Å²) >= 11 is 0.